The summed E-state index contributed by atoms with van der Waals surface area (Å²) in [4.78, 5) is 0. The van der Waals surface area contributed by atoms with Crippen LogP contribution < -0.4 is 6.54 Å². The average Bonchev–Trinajstić information content (AvgIpc) is 3.75. The van der Waals surface area contributed by atoms with Gasteiger partial charge < -0.3 is 0 Å². The van der Waals surface area contributed by atoms with Gasteiger partial charge in [0.05, 0.1) is 0 Å². The molecule has 0 unspecified atom stereocenters. The normalized spacial score (nSPS) is 16.7. The molecule has 0 atom stereocenters. The summed E-state index contributed by atoms with van der Waals surface area (Å²) >= 11 is -5.58. The zero-order valence-electron chi connectivity index (χ0n) is 28.0. The minimum absolute atomic E-state index is 0.220. The fourth-order valence-corrected chi connectivity index (χ4v) is 28.6. The van der Waals surface area contributed by atoms with Crippen molar-refractivity contribution in [2.45, 2.75) is 90.2 Å². The molecule has 5 rings (SSSR count). The van der Waals surface area contributed by atoms with Crippen LogP contribution in [0.25, 0.3) is 0 Å². The molecule has 43 heavy (non-hydrogen) atoms. The van der Waals surface area contributed by atoms with Crippen molar-refractivity contribution in [1.29, 1.82) is 0 Å². The van der Waals surface area contributed by atoms with Crippen molar-refractivity contribution in [2.24, 2.45) is 10.8 Å². The first-order chi connectivity index (χ1) is 20.4. The van der Waals surface area contributed by atoms with E-state index < -0.39 is 37.3 Å². The Bertz CT molecular complexity index is 1300. The van der Waals surface area contributed by atoms with E-state index in [-0.39, 0.29) is 6.10 Å². The van der Waals surface area contributed by atoms with Gasteiger partial charge in [-0.1, -0.05) is 0 Å². The fourth-order valence-electron chi connectivity index (χ4n) is 7.29. The molecule has 2 aromatic carbocycles. The van der Waals surface area contributed by atoms with Gasteiger partial charge in [-0.3, -0.25) is 0 Å². The van der Waals surface area contributed by atoms with Gasteiger partial charge in [-0.15, -0.1) is 0 Å². The maximum absolute atomic E-state index is 6.80. The molecule has 0 fully saturated rings. The van der Waals surface area contributed by atoms with Crippen LogP contribution in [-0.2, 0) is 40.1 Å². The van der Waals surface area contributed by atoms with E-state index in [2.05, 4.69) is 171 Å². The van der Waals surface area contributed by atoms with E-state index in [4.69, 9.17) is 2.81 Å². The van der Waals surface area contributed by atoms with Crippen LogP contribution in [0.15, 0.2) is 126 Å². The molecule has 2 aromatic rings. The van der Waals surface area contributed by atoms with Crippen LogP contribution in [0.2, 0.25) is 9.45 Å². The predicted molar refractivity (Wildman–Crippen MR) is 182 cm³/mol. The van der Waals surface area contributed by atoms with Gasteiger partial charge in [0, 0.05) is 0 Å². The van der Waals surface area contributed by atoms with Crippen molar-refractivity contribution in [3.05, 3.63) is 126 Å². The van der Waals surface area contributed by atoms with E-state index in [1.165, 1.54) is 32.1 Å². The second-order valence-corrected chi connectivity index (χ2v) is 29.9. The first-order valence-corrected chi connectivity index (χ1v) is 24.7. The molecule has 0 amide bonds. The quantitative estimate of drug-likeness (QED) is 0.238. The first-order valence-electron chi connectivity index (χ1n) is 16.2. The zero-order valence-corrected chi connectivity index (χ0v) is 32.0. The van der Waals surface area contributed by atoms with Crippen molar-refractivity contribution in [3.8, 4) is 0 Å². The van der Waals surface area contributed by atoms with Crippen molar-refractivity contribution < 1.29 is 40.1 Å². The number of hydrogen-bond donors (Lipinski definition) is 0. The third-order valence-electron chi connectivity index (χ3n) is 8.43. The number of allylic oxidation sites excluding steroid dienone is 12. The van der Waals surface area contributed by atoms with Gasteiger partial charge in [0.2, 0.25) is 0 Å². The van der Waals surface area contributed by atoms with Crippen LogP contribution >= 0.6 is 0 Å². The summed E-state index contributed by atoms with van der Waals surface area (Å²) in [5.41, 5.74) is 0.830. The van der Waals surface area contributed by atoms with Crippen LogP contribution in [0.1, 0.15) is 74.7 Å². The topological polar surface area (TPSA) is 9.23 Å². The van der Waals surface area contributed by atoms with Gasteiger partial charge in [-0.25, -0.2) is 0 Å². The molecule has 0 N–H and O–H groups in total. The molecular weight excluding hydrogens is 636 g/mol. The zero-order chi connectivity index (χ0) is 31.1. The number of benzene rings is 2. The minimum atomic E-state index is -3.33. The Hall–Kier alpha value is -1.56. The van der Waals surface area contributed by atoms with Gasteiger partial charge in [0.25, 0.3) is 0 Å². The van der Waals surface area contributed by atoms with Gasteiger partial charge in [-0.2, -0.15) is 0 Å². The Morgan fingerprint density at radius 3 is 1.37 bits per heavy atom. The SMILES string of the molecule is CC(C)(C)[CH2][Ti]([CH2]C(C)(C)C)([C]1=CC=CC1)[C]1=CC=CC1.CC(C)[O][Zr]([C]1=CC=CC1)([c]1ccccc1)[c]1ccccc1. The van der Waals surface area contributed by atoms with Crippen molar-refractivity contribution in [3.63, 3.8) is 0 Å². The molecule has 3 aliphatic rings. The third-order valence-corrected chi connectivity index (χ3v) is 29.4. The summed E-state index contributed by atoms with van der Waals surface area (Å²) < 4.78 is 17.6. The molecule has 0 spiro atoms. The van der Waals surface area contributed by atoms with Gasteiger partial charge in [0.15, 0.2) is 0 Å². The number of hydrogen-bond acceptors (Lipinski definition) is 1. The Morgan fingerprint density at radius 2 is 1.05 bits per heavy atom. The van der Waals surface area contributed by atoms with E-state index >= 15 is 0 Å². The molecule has 0 radical (unpaired) electrons. The van der Waals surface area contributed by atoms with Gasteiger partial charge in [0.1, 0.15) is 0 Å². The maximum atomic E-state index is 6.80. The monoisotopic (exact) mass is 688 g/mol. The van der Waals surface area contributed by atoms with Crippen molar-refractivity contribution >= 4 is 6.54 Å². The molecule has 3 aliphatic carbocycles. The summed E-state index contributed by atoms with van der Waals surface area (Å²) in [7, 11) is 0. The molecule has 0 saturated carbocycles. The summed E-state index contributed by atoms with van der Waals surface area (Å²) in [6.07, 6.45) is 24.6. The van der Waals surface area contributed by atoms with Crippen LogP contribution in [0.5, 0.6) is 0 Å². The van der Waals surface area contributed by atoms with E-state index in [0.717, 1.165) is 6.42 Å². The van der Waals surface area contributed by atoms with Crippen LogP contribution in [0, 0.1) is 10.8 Å². The molecule has 0 aliphatic heterocycles. The summed E-state index contributed by atoms with van der Waals surface area (Å²) in [5.74, 6) is 0. The summed E-state index contributed by atoms with van der Waals surface area (Å²) in [5, 5.41) is 0. The molecule has 3 heteroatoms. The van der Waals surface area contributed by atoms with Crippen LogP contribution in [0.4, 0.5) is 0 Å². The molecular formula is C40H54OTiZr. The van der Waals surface area contributed by atoms with Crippen LogP contribution in [0.3, 0.4) is 0 Å². The predicted octanol–water partition coefficient (Wildman–Crippen LogP) is 10.7. The Morgan fingerprint density at radius 1 is 0.628 bits per heavy atom. The van der Waals surface area contributed by atoms with E-state index in [9.17, 15) is 0 Å². The summed E-state index contributed by atoms with van der Waals surface area (Å²) in [6.45, 7) is 18.9. The number of rotatable bonds is 9. The molecule has 1 nitrogen and oxygen atoms in total. The molecule has 0 bridgehead atoms. The first kappa shape index (κ1) is 34.3. The molecule has 0 saturated heterocycles. The second kappa shape index (κ2) is 14.7. The Balaban J connectivity index is 0.000000197. The molecule has 0 heterocycles. The standard InChI is InChI=1S/2C6H5.3C5H5.2C5H11.C3H7O.Ti.Zr/c2*1-2-4-6-5-3-1;3*1-2-4-5-3-1;2*1-5(2,3)4;1-3(2)4;;/h2*1-5H;3*1-3H,4H2;2*1H2,2-4H3;3H,1-2H3;;/q;;;;;;;-1;;+1. The van der Waals surface area contributed by atoms with Crippen LogP contribution in [-0.4, -0.2) is 6.10 Å². The molecule has 228 valence electrons. The summed E-state index contributed by atoms with van der Waals surface area (Å²) in [6, 6.07) is 21.7. The van der Waals surface area contributed by atoms with Gasteiger partial charge in [-0.05, 0) is 0 Å². The fraction of sp³-hybridized carbons (Fsp3) is 0.400. The molecule has 0 aromatic heterocycles. The second-order valence-electron chi connectivity index (χ2n) is 15.1. The van der Waals surface area contributed by atoms with Crippen molar-refractivity contribution in [1.82, 2.24) is 0 Å². The van der Waals surface area contributed by atoms with E-state index in [1.54, 1.807) is 0 Å². The third kappa shape index (κ3) is 8.79. The Kier molecular flexibility index (Phi) is 11.7. The average molecular weight is 690 g/mol. The van der Waals surface area contributed by atoms with E-state index in [1.807, 2.05) is 7.76 Å². The van der Waals surface area contributed by atoms with E-state index in [0.29, 0.717) is 10.8 Å². The Labute approximate surface area is 272 Å². The van der Waals surface area contributed by atoms with Gasteiger partial charge >= 0.3 is 274 Å². The van der Waals surface area contributed by atoms with Crippen molar-refractivity contribution in [2.75, 3.05) is 0 Å².